The molecule has 2 aliphatic carbocycles. The van der Waals surface area contributed by atoms with Crippen molar-refractivity contribution >= 4 is 5.91 Å². The van der Waals surface area contributed by atoms with Crippen LogP contribution in [0.3, 0.4) is 0 Å². The summed E-state index contributed by atoms with van der Waals surface area (Å²) in [7, 11) is 0. The Hall–Kier alpha value is -0.610. The topological polar surface area (TPSA) is 64.3 Å². The molecular weight excluding hydrogens is 204 g/mol. The summed E-state index contributed by atoms with van der Waals surface area (Å²) in [6, 6.07) is -0.115. The maximum atomic E-state index is 11.9. The van der Waals surface area contributed by atoms with Gasteiger partial charge in [0.05, 0.1) is 19.1 Å². The second kappa shape index (κ2) is 3.70. The van der Waals surface area contributed by atoms with E-state index in [-0.39, 0.29) is 17.9 Å². The van der Waals surface area contributed by atoms with Crippen molar-refractivity contribution in [1.29, 1.82) is 0 Å². The molecule has 0 bridgehead atoms. The number of hydrogen-bond acceptors (Lipinski definition) is 3. The van der Waals surface area contributed by atoms with Crippen LogP contribution in [0, 0.1) is 17.3 Å². The molecule has 0 aromatic heterocycles. The number of rotatable bonds is 4. The second-order valence-electron chi connectivity index (χ2n) is 5.66. The Kier molecular flexibility index (Phi) is 2.44. The van der Waals surface area contributed by atoms with Crippen molar-refractivity contribution in [3.05, 3.63) is 0 Å². The Morgan fingerprint density at radius 2 is 2.12 bits per heavy atom. The second-order valence-corrected chi connectivity index (χ2v) is 5.66. The summed E-state index contributed by atoms with van der Waals surface area (Å²) in [5, 5.41) is 3.08. The van der Waals surface area contributed by atoms with Crippen molar-refractivity contribution in [2.75, 3.05) is 19.8 Å². The van der Waals surface area contributed by atoms with E-state index in [1.54, 1.807) is 0 Å². The lowest BCUT2D eigenvalue weighted by molar-refractivity contribution is -0.125. The molecule has 2 unspecified atom stereocenters. The maximum Gasteiger partial charge on any atom is 0.227 e. The van der Waals surface area contributed by atoms with E-state index in [0.717, 1.165) is 12.5 Å². The van der Waals surface area contributed by atoms with Gasteiger partial charge in [-0.25, -0.2) is 0 Å². The maximum absolute atomic E-state index is 11.9. The van der Waals surface area contributed by atoms with Crippen LogP contribution in [0.5, 0.6) is 0 Å². The summed E-state index contributed by atoms with van der Waals surface area (Å²) in [6.07, 6.45) is 5.32. The summed E-state index contributed by atoms with van der Waals surface area (Å²) in [5.74, 6) is 0.855. The molecule has 0 aromatic carbocycles. The van der Waals surface area contributed by atoms with Gasteiger partial charge >= 0.3 is 0 Å². The summed E-state index contributed by atoms with van der Waals surface area (Å²) in [6.45, 7) is 1.87. The van der Waals surface area contributed by atoms with Crippen molar-refractivity contribution in [3.63, 3.8) is 0 Å². The minimum Gasteiger partial charge on any atom is -0.379 e. The normalized spacial score (nSPS) is 36.1. The molecule has 4 heteroatoms. The van der Waals surface area contributed by atoms with Crippen LogP contribution in [0.4, 0.5) is 0 Å². The van der Waals surface area contributed by atoms with Gasteiger partial charge in [-0.15, -0.1) is 0 Å². The molecule has 1 amide bonds. The van der Waals surface area contributed by atoms with Crippen LogP contribution >= 0.6 is 0 Å². The number of amides is 1. The molecule has 3 fully saturated rings. The molecule has 1 saturated heterocycles. The molecule has 2 saturated carbocycles. The molecule has 3 rings (SSSR count). The van der Waals surface area contributed by atoms with Gasteiger partial charge in [0.25, 0.3) is 0 Å². The van der Waals surface area contributed by atoms with Gasteiger partial charge < -0.3 is 15.8 Å². The number of carbonyl (C=O) groups is 1. The first-order valence-electron chi connectivity index (χ1n) is 6.32. The summed E-state index contributed by atoms with van der Waals surface area (Å²) < 4.78 is 5.21. The number of hydrogen-bond donors (Lipinski definition) is 2. The fourth-order valence-corrected chi connectivity index (χ4v) is 2.82. The lowest BCUT2D eigenvalue weighted by Crippen LogP contribution is -2.43. The van der Waals surface area contributed by atoms with Gasteiger partial charge in [0.15, 0.2) is 0 Å². The van der Waals surface area contributed by atoms with E-state index < -0.39 is 0 Å². The van der Waals surface area contributed by atoms with Gasteiger partial charge in [0.1, 0.15) is 0 Å². The number of ether oxygens (including phenoxy) is 1. The zero-order valence-corrected chi connectivity index (χ0v) is 9.58. The molecule has 0 radical (unpaired) electrons. The van der Waals surface area contributed by atoms with Crippen LogP contribution in [-0.4, -0.2) is 31.7 Å². The summed E-state index contributed by atoms with van der Waals surface area (Å²) in [4.78, 5) is 11.9. The van der Waals surface area contributed by atoms with Crippen molar-refractivity contribution < 1.29 is 9.53 Å². The van der Waals surface area contributed by atoms with E-state index >= 15 is 0 Å². The predicted octanol–water partition coefficient (Wildman–Crippen LogP) is 0.266. The van der Waals surface area contributed by atoms with Gasteiger partial charge in [0.2, 0.25) is 5.91 Å². The van der Waals surface area contributed by atoms with Crippen LogP contribution in [0.25, 0.3) is 0 Å². The molecular formula is C12H20N2O2. The monoisotopic (exact) mass is 224 g/mol. The molecule has 2 atom stereocenters. The highest BCUT2D eigenvalue weighted by Gasteiger charge is 2.53. The van der Waals surface area contributed by atoms with Crippen molar-refractivity contribution in [3.8, 4) is 0 Å². The van der Waals surface area contributed by atoms with Crippen molar-refractivity contribution in [2.45, 2.75) is 31.7 Å². The summed E-state index contributed by atoms with van der Waals surface area (Å²) >= 11 is 0. The Balaban J connectivity index is 1.49. The predicted molar refractivity (Wildman–Crippen MR) is 59.7 cm³/mol. The third-order valence-electron chi connectivity index (χ3n) is 4.41. The molecule has 4 nitrogen and oxygen atoms in total. The van der Waals surface area contributed by atoms with E-state index in [2.05, 4.69) is 5.32 Å². The first-order chi connectivity index (χ1) is 7.71. The Morgan fingerprint density at radius 1 is 1.38 bits per heavy atom. The Bertz CT molecular complexity index is 297. The van der Waals surface area contributed by atoms with Gasteiger partial charge in [-0.2, -0.15) is 0 Å². The molecule has 16 heavy (non-hydrogen) atoms. The standard InChI is InChI=1S/C12H20N2O2/c13-10-6-16-5-9(10)11(15)14-7-12(3-4-12)8-1-2-8/h8-10H,1-7,13H2,(H,14,15). The molecule has 90 valence electrons. The first-order valence-corrected chi connectivity index (χ1v) is 6.32. The highest BCUT2D eigenvalue weighted by molar-refractivity contribution is 5.79. The van der Waals surface area contributed by atoms with Gasteiger partial charge in [0, 0.05) is 12.6 Å². The smallest absolute Gasteiger partial charge is 0.227 e. The highest BCUT2D eigenvalue weighted by atomic mass is 16.5. The third-order valence-corrected chi connectivity index (χ3v) is 4.41. The zero-order valence-electron chi connectivity index (χ0n) is 9.58. The average molecular weight is 224 g/mol. The number of nitrogens with two attached hydrogens (primary N) is 1. The zero-order chi connectivity index (χ0) is 11.2. The first kappa shape index (κ1) is 10.5. The van der Waals surface area contributed by atoms with E-state index in [1.165, 1.54) is 25.7 Å². The molecule has 0 spiro atoms. The minimum atomic E-state index is -0.130. The Labute approximate surface area is 95.9 Å². The Morgan fingerprint density at radius 3 is 2.62 bits per heavy atom. The highest BCUT2D eigenvalue weighted by Crippen LogP contribution is 2.60. The van der Waals surface area contributed by atoms with Gasteiger partial charge in [-0.05, 0) is 37.0 Å². The SMILES string of the molecule is NC1COCC1C(=O)NCC1(C2CC2)CC1. The third kappa shape index (κ3) is 1.84. The fourth-order valence-electron chi connectivity index (χ4n) is 2.82. The van der Waals surface area contributed by atoms with Gasteiger partial charge in [-0.3, -0.25) is 4.79 Å². The van der Waals surface area contributed by atoms with Crippen LogP contribution in [0.15, 0.2) is 0 Å². The lowest BCUT2D eigenvalue weighted by Gasteiger charge is -2.18. The number of carbonyl (C=O) groups excluding carboxylic acids is 1. The quantitative estimate of drug-likeness (QED) is 0.720. The molecule has 0 aromatic rings. The van der Waals surface area contributed by atoms with Crippen molar-refractivity contribution in [2.24, 2.45) is 23.0 Å². The molecule has 1 heterocycles. The van der Waals surface area contributed by atoms with Gasteiger partial charge in [-0.1, -0.05) is 0 Å². The van der Waals surface area contributed by atoms with Crippen molar-refractivity contribution in [1.82, 2.24) is 5.32 Å². The molecule has 1 aliphatic heterocycles. The summed E-state index contributed by atoms with van der Waals surface area (Å²) in [5.41, 5.74) is 6.29. The van der Waals surface area contributed by atoms with E-state index in [4.69, 9.17) is 10.5 Å². The van der Waals surface area contributed by atoms with E-state index in [9.17, 15) is 4.79 Å². The van der Waals surface area contributed by atoms with Crippen LogP contribution in [0.2, 0.25) is 0 Å². The minimum absolute atomic E-state index is 0.0944. The fraction of sp³-hybridized carbons (Fsp3) is 0.917. The van der Waals surface area contributed by atoms with Crippen LogP contribution in [0.1, 0.15) is 25.7 Å². The van der Waals surface area contributed by atoms with Crippen LogP contribution < -0.4 is 11.1 Å². The average Bonchev–Trinajstić information content (AvgIpc) is 3.14. The van der Waals surface area contributed by atoms with E-state index in [0.29, 0.717) is 18.6 Å². The van der Waals surface area contributed by atoms with Crippen LogP contribution in [-0.2, 0) is 9.53 Å². The van der Waals surface area contributed by atoms with E-state index in [1.807, 2.05) is 0 Å². The largest absolute Gasteiger partial charge is 0.379 e. The lowest BCUT2D eigenvalue weighted by atomic mass is 9.99. The number of nitrogens with one attached hydrogen (secondary N) is 1. The molecule has 3 aliphatic rings. The molecule has 3 N–H and O–H groups in total.